The van der Waals surface area contributed by atoms with Crippen LogP contribution in [-0.2, 0) is 11.3 Å². The number of amides is 1. The summed E-state index contributed by atoms with van der Waals surface area (Å²) in [5.74, 6) is -0.768. The number of nitrogens with one attached hydrogen (secondary N) is 2. The summed E-state index contributed by atoms with van der Waals surface area (Å²) in [6, 6.07) is 8.08. The van der Waals surface area contributed by atoms with Gasteiger partial charge in [0, 0.05) is 6.54 Å². The molecule has 2 aromatic carbocycles. The maximum absolute atomic E-state index is 13.8. The minimum Gasteiger partial charge on any atom is -0.481 e. The Morgan fingerprint density at radius 1 is 1.07 bits per heavy atom. The lowest BCUT2D eigenvalue weighted by Gasteiger charge is -2.18. The summed E-state index contributed by atoms with van der Waals surface area (Å²) in [5.41, 5.74) is 4.12. The Bertz CT molecular complexity index is 820. The SMILES string of the molecule is Cc1cc(CNCCCCC(Oc2cc(C)c(F)c(C)c2)C(=O)NO)ccc1F. The second-order valence-corrected chi connectivity index (χ2v) is 7.21. The maximum atomic E-state index is 13.8. The molecule has 1 amide bonds. The van der Waals surface area contributed by atoms with Crippen LogP contribution in [0.1, 0.15) is 41.5 Å². The molecule has 0 heterocycles. The number of hydrogen-bond acceptors (Lipinski definition) is 4. The summed E-state index contributed by atoms with van der Waals surface area (Å²) in [6.07, 6.45) is 1.01. The van der Waals surface area contributed by atoms with Crippen LogP contribution in [0.4, 0.5) is 8.78 Å². The van der Waals surface area contributed by atoms with Crippen LogP contribution in [-0.4, -0.2) is 23.8 Å². The summed E-state index contributed by atoms with van der Waals surface area (Å²) < 4.78 is 32.7. The van der Waals surface area contributed by atoms with Crippen LogP contribution in [0.15, 0.2) is 30.3 Å². The number of halogens is 2. The van der Waals surface area contributed by atoms with Crippen LogP contribution in [0, 0.1) is 32.4 Å². The Labute approximate surface area is 170 Å². The van der Waals surface area contributed by atoms with Crippen LogP contribution < -0.4 is 15.5 Å². The largest absolute Gasteiger partial charge is 0.481 e. The fourth-order valence-electron chi connectivity index (χ4n) is 3.08. The van der Waals surface area contributed by atoms with E-state index in [2.05, 4.69) is 5.32 Å². The standard InChI is InChI=1S/C22H28F2N2O3/c1-14-10-17(7-8-19(14)23)13-25-9-5-4-6-20(22(27)26-28)29-18-11-15(2)21(24)16(3)12-18/h7-8,10-12,20,25,28H,4-6,9,13H2,1-3H3,(H,26,27). The molecule has 0 aliphatic carbocycles. The van der Waals surface area contributed by atoms with Crippen molar-refractivity contribution in [3.05, 3.63) is 64.2 Å². The minimum atomic E-state index is -0.871. The molecule has 0 bridgehead atoms. The number of benzene rings is 2. The highest BCUT2D eigenvalue weighted by Crippen LogP contribution is 2.22. The van der Waals surface area contributed by atoms with Crippen molar-refractivity contribution in [1.82, 2.24) is 10.8 Å². The van der Waals surface area contributed by atoms with Crippen molar-refractivity contribution >= 4 is 5.91 Å². The van der Waals surface area contributed by atoms with E-state index in [9.17, 15) is 13.6 Å². The van der Waals surface area contributed by atoms with Gasteiger partial charge in [-0.1, -0.05) is 12.1 Å². The molecular weight excluding hydrogens is 378 g/mol. The Balaban J connectivity index is 1.80. The van der Waals surface area contributed by atoms with E-state index in [-0.39, 0.29) is 11.6 Å². The molecular formula is C22H28F2N2O3. The van der Waals surface area contributed by atoms with E-state index in [0.717, 1.165) is 18.5 Å². The Morgan fingerprint density at radius 3 is 2.38 bits per heavy atom. The first-order valence-corrected chi connectivity index (χ1v) is 9.65. The van der Waals surface area contributed by atoms with E-state index in [0.29, 0.717) is 41.8 Å². The number of unbranched alkanes of at least 4 members (excludes halogenated alkanes) is 1. The summed E-state index contributed by atoms with van der Waals surface area (Å²) in [6.45, 7) is 6.34. The van der Waals surface area contributed by atoms with Crippen molar-refractivity contribution in [3.8, 4) is 5.75 Å². The van der Waals surface area contributed by atoms with Crippen molar-refractivity contribution in [3.63, 3.8) is 0 Å². The number of aryl methyl sites for hydroxylation is 3. The molecule has 0 aliphatic heterocycles. The number of hydrogen-bond donors (Lipinski definition) is 3. The van der Waals surface area contributed by atoms with Gasteiger partial charge in [-0.25, -0.2) is 14.3 Å². The number of ether oxygens (including phenoxy) is 1. The van der Waals surface area contributed by atoms with Gasteiger partial charge < -0.3 is 10.1 Å². The Hall–Kier alpha value is -2.51. The molecule has 5 nitrogen and oxygen atoms in total. The zero-order chi connectivity index (χ0) is 21.4. The van der Waals surface area contributed by atoms with Gasteiger partial charge >= 0.3 is 0 Å². The fraction of sp³-hybridized carbons (Fsp3) is 0.409. The van der Waals surface area contributed by atoms with Gasteiger partial charge in [0.15, 0.2) is 6.10 Å². The quantitative estimate of drug-likeness (QED) is 0.316. The molecule has 3 N–H and O–H groups in total. The van der Waals surface area contributed by atoms with Crippen LogP contribution in [0.5, 0.6) is 5.75 Å². The lowest BCUT2D eigenvalue weighted by molar-refractivity contribution is -0.136. The van der Waals surface area contributed by atoms with Gasteiger partial charge in [-0.15, -0.1) is 0 Å². The van der Waals surface area contributed by atoms with Gasteiger partial charge in [-0.05, 0) is 87.0 Å². The molecule has 2 rings (SSSR count). The molecule has 1 unspecified atom stereocenters. The third-order valence-electron chi connectivity index (χ3n) is 4.71. The van der Waals surface area contributed by atoms with Crippen LogP contribution in [0.3, 0.4) is 0 Å². The lowest BCUT2D eigenvalue weighted by atomic mass is 10.1. The number of carbonyl (C=O) groups excluding carboxylic acids is 1. The summed E-state index contributed by atoms with van der Waals surface area (Å²) in [4.78, 5) is 11.9. The van der Waals surface area contributed by atoms with Gasteiger partial charge in [0.1, 0.15) is 17.4 Å². The molecule has 0 radical (unpaired) electrons. The second-order valence-electron chi connectivity index (χ2n) is 7.21. The van der Waals surface area contributed by atoms with Crippen molar-refractivity contribution in [2.75, 3.05) is 6.54 Å². The normalized spacial score (nSPS) is 11.9. The van der Waals surface area contributed by atoms with Crippen molar-refractivity contribution in [2.24, 2.45) is 0 Å². The molecule has 0 spiro atoms. The van der Waals surface area contributed by atoms with Gasteiger partial charge in [-0.3, -0.25) is 10.0 Å². The molecule has 0 aliphatic rings. The first-order chi connectivity index (χ1) is 13.8. The average Bonchev–Trinajstić information content (AvgIpc) is 2.69. The van der Waals surface area contributed by atoms with E-state index in [1.807, 2.05) is 6.07 Å². The predicted octanol–water partition coefficient (Wildman–Crippen LogP) is 4.10. The number of hydroxylamine groups is 1. The molecule has 29 heavy (non-hydrogen) atoms. The first kappa shape index (κ1) is 22.8. The van der Waals surface area contributed by atoms with Crippen molar-refractivity contribution in [1.29, 1.82) is 0 Å². The maximum Gasteiger partial charge on any atom is 0.284 e. The van der Waals surface area contributed by atoms with E-state index in [4.69, 9.17) is 9.94 Å². The highest BCUT2D eigenvalue weighted by atomic mass is 19.1. The molecule has 0 saturated heterocycles. The summed E-state index contributed by atoms with van der Waals surface area (Å²) in [7, 11) is 0. The number of rotatable bonds is 10. The smallest absolute Gasteiger partial charge is 0.284 e. The fourth-order valence-corrected chi connectivity index (χ4v) is 3.08. The highest BCUT2D eigenvalue weighted by molar-refractivity contribution is 5.79. The third kappa shape index (κ3) is 6.80. The van der Waals surface area contributed by atoms with E-state index < -0.39 is 12.0 Å². The molecule has 0 fully saturated rings. The topological polar surface area (TPSA) is 70.6 Å². The second kappa shape index (κ2) is 10.9. The molecule has 0 aromatic heterocycles. The molecule has 0 saturated carbocycles. The van der Waals surface area contributed by atoms with Crippen LogP contribution in [0.25, 0.3) is 0 Å². The van der Waals surface area contributed by atoms with Crippen LogP contribution >= 0.6 is 0 Å². The third-order valence-corrected chi connectivity index (χ3v) is 4.71. The van der Waals surface area contributed by atoms with Gasteiger partial charge in [0.2, 0.25) is 0 Å². The summed E-state index contributed by atoms with van der Waals surface area (Å²) >= 11 is 0. The van der Waals surface area contributed by atoms with Gasteiger partial charge in [-0.2, -0.15) is 0 Å². The summed E-state index contributed by atoms with van der Waals surface area (Å²) in [5, 5.41) is 12.2. The lowest BCUT2D eigenvalue weighted by Crippen LogP contribution is -2.36. The van der Waals surface area contributed by atoms with Crippen molar-refractivity contribution < 1.29 is 23.5 Å². The van der Waals surface area contributed by atoms with E-state index in [1.165, 1.54) is 18.2 Å². The van der Waals surface area contributed by atoms with Crippen LogP contribution in [0.2, 0.25) is 0 Å². The molecule has 2 aromatic rings. The zero-order valence-electron chi connectivity index (χ0n) is 17.0. The monoisotopic (exact) mass is 406 g/mol. The van der Waals surface area contributed by atoms with Gasteiger partial charge in [0.25, 0.3) is 5.91 Å². The van der Waals surface area contributed by atoms with E-state index in [1.54, 1.807) is 32.3 Å². The minimum absolute atomic E-state index is 0.214. The average molecular weight is 406 g/mol. The molecule has 158 valence electrons. The highest BCUT2D eigenvalue weighted by Gasteiger charge is 2.20. The predicted molar refractivity (Wildman–Crippen MR) is 107 cm³/mol. The van der Waals surface area contributed by atoms with Gasteiger partial charge in [0.05, 0.1) is 0 Å². The zero-order valence-corrected chi connectivity index (χ0v) is 17.0. The Kier molecular flexibility index (Phi) is 8.54. The first-order valence-electron chi connectivity index (χ1n) is 9.65. The van der Waals surface area contributed by atoms with E-state index >= 15 is 0 Å². The number of carbonyl (C=O) groups is 1. The molecule has 7 heteroatoms. The molecule has 1 atom stereocenters. The van der Waals surface area contributed by atoms with Crippen molar-refractivity contribution in [2.45, 2.75) is 52.7 Å². The Morgan fingerprint density at radius 2 is 1.76 bits per heavy atom.